The number of hydrogen-bond acceptors (Lipinski definition) is 6. The second kappa shape index (κ2) is 12.8. The predicted octanol–water partition coefficient (Wildman–Crippen LogP) is 1.09. The van der Waals surface area contributed by atoms with Gasteiger partial charge in [0.25, 0.3) is 0 Å². The Hall–Kier alpha value is -4.19. The average molecular weight is 552 g/mol. The number of rotatable bonds is 12. The lowest BCUT2D eigenvalue weighted by atomic mass is 9.98. The molecule has 12 nitrogen and oxygen atoms in total. The summed E-state index contributed by atoms with van der Waals surface area (Å²) in [4.78, 5) is 63.6. The number of nitrogens with zero attached hydrogens (tertiary/aromatic N) is 2. The van der Waals surface area contributed by atoms with E-state index in [0.29, 0.717) is 31.5 Å². The van der Waals surface area contributed by atoms with Crippen LogP contribution in [0.2, 0.25) is 0 Å². The number of carbonyl (C=O) groups is 4. The molecule has 1 fully saturated rings. The molecule has 12 heteroatoms. The highest BCUT2D eigenvalue weighted by atomic mass is 16.4. The van der Waals surface area contributed by atoms with Crippen LogP contribution in [0.4, 0.5) is 0 Å². The molecule has 4 rings (SSSR count). The second-order valence-corrected chi connectivity index (χ2v) is 10.4. The van der Waals surface area contributed by atoms with E-state index in [-0.39, 0.29) is 18.8 Å². The highest BCUT2D eigenvalue weighted by Gasteiger charge is 2.39. The minimum Gasteiger partial charge on any atom is -0.480 e. The number of aromatic nitrogens is 3. The Morgan fingerprint density at radius 2 is 1.93 bits per heavy atom. The zero-order chi connectivity index (χ0) is 28.8. The number of amides is 3. The Labute approximate surface area is 232 Å². The van der Waals surface area contributed by atoms with Gasteiger partial charge in [-0.1, -0.05) is 38.5 Å². The molecule has 5 atom stereocenters. The van der Waals surface area contributed by atoms with Gasteiger partial charge < -0.3 is 36.3 Å². The highest BCUT2D eigenvalue weighted by Crippen LogP contribution is 2.22. The maximum atomic E-state index is 13.7. The first kappa shape index (κ1) is 28.8. The van der Waals surface area contributed by atoms with Gasteiger partial charge in [0.05, 0.1) is 12.4 Å². The molecule has 0 bridgehead atoms. The molecule has 214 valence electrons. The predicted molar refractivity (Wildman–Crippen MR) is 148 cm³/mol. The van der Waals surface area contributed by atoms with Gasteiger partial charge in [-0.3, -0.25) is 14.4 Å². The van der Waals surface area contributed by atoms with Crippen molar-refractivity contribution >= 4 is 34.6 Å². The fraction of sp³-hybridized carbons (Fsp3) is 0.464. The zero-order valence-electron chi connectivity index (χ0n) is 22.7. The molecule has 40 heavy (non-hydrogen) atoms. The van der Waals surface area contributed by atoms with Crippen LogP contribution in [0.5, 0.6) is 0 Å². The van der Waals surface area contributed by atoms with Gasteiger partial charge in [0, 0.05) is 48.4 Å². The number of para-hydroxylation sites is 1. The van der Waals surface area contributed by atoms with Crippen molar-refractivity contribution in [1.29, 1.82) is 0 Å². The van der Waals surface area contributed by atoms with E-state index in [0.717, 1.165) is 16.5 Å². The van der Waals surface area contributed by atoms with Gasteiger partial charge in [-0.05, 0) is 30.4 Å². The largest absolute Gasteiger partial charge is 0.480 e. The number of hydrogen-bond donors (Lipinski definition) is 6. The van der Waals surface area contributed by atoms with E-state index in [1.165, 1.54) is 11.2 Å². The molecular weight excluding hydrogens is 514 g/mol. The van der Waals surface area contributed by atoms with E-state index in [9.17, 15) is 24.3 Å². The summed E-state index contributed by atoms with van der Waals surface area (Å²) in [7, 11) is 0. The Morgan fingerprint density at radius 3 is 2.62 bits per heavy atom. The van der Waals surface area contributed by atoms with Crippen LogP contribution in [-0.2, 0) is 32.0 Å². The summed E-state index contributed by atoms with van der Waals surface area (Å²) < 4.78 is 0. The summed E-state index contributed by atoms with van der Waals surface area (Å²) in [6, 6.07) is 3.72. The van der Waals surface area contributed by atoms with Gasteiger partial charge >= 0.3 is 5.97 Å². The summed E-state index contributed by atoms with van der Waals surface area (Å²) in [6.45, 7) is 4.11. The first-order valence-corrected chi connectivity index (χ1v) is 13.6. The van der Waals surface area contributed by atoms with Gasteiger partial charge in [0.15, 0.2) is 0 Å². The second-order valence-electron chi connectivity index (χ2n) is 10.4. The third-order valence-corrected chi connectivity index (χ3v) is 7.71. The summed E-state index contributed by atoms with van der Waals surface area (Å²) in [5, 5.41) is 16.2. The molecule has 0 aliphatic carbocycles. The molecular formula is C28H37N7O5. The van der Waals surface area contributed by atoms with Crippen molar-refractivity contribution in [3.8, 4) is 0 Å². The summed E-state index contributed by atoms with van der Waals surface area (Å²) >= 11 is 0. The molecule has 3 amide bonds. The van der Waals surface area contributed by atoms with Crippen LogP contribution in [0.1, 0.15) is 44.4 Å². The van der Waals surface area contributed by atoms with Crippen LogP contribution >= 0.6 is 0 Å². The van der Waals surface area contributed by atoms with Crippen LogP contribution in [-0.4, -0.2) is 79.4 Å². The summed E-state index contributed by atoms with van der Waals surface area (Å²) in [6.07, 6.45) is 6.66. The SMILES string of the molecule is CCC(C)C(N)C(=O)NC(Cc1cnc[nH]1)C(=O)N1CCCC1C(=O)NC(Cc1c[nH]c2ccccc12)C(=O)O. The quantitative estimate of drug-likeness (QED) is 0.194. The molecule has 0 radical (unpaired) electrons. The number of carbonyl (C=O) groups excluding carboxylic acids is 3. The van der Waals surface area contributed by atoms with Crippen molar-refractivity contribution in [2.24, 2.45) is 11.7 Å². The molecule has 0 saturated carbocycles. The molecule has 5 unspecified atom stereocenters. The van der Waals surface area contributed by atoms with E-state index >= 15 is 0 Å². The van der Waals surface area contributed by atoms with E-state index < -0.39 is 47.9 Å². The molecule has 3 aromatic rings. The maximum Gasteiger partial charge on any atom is 0.326 e. The van der Waals surface area contributed by atoms with Gasteiger partial charge in [0.2, 0.25) is 17.7 Å². The minimum absolute atomic E-state index is 0.0811. The number of nitrogens with two attached hydrogens (primary N) is 1. The van der Waals surface area contributed by atoms with Gasteiger partial charge in [0.1, 0.15) is 18.1 Å². The number of aliphatic carboxylic acids is 1. The van der Waals surface area contributed by atoms with E-state index in [4.69, 9.17) is 5.73 Å². The van der Waals surface area contributed by atoms with Crippen LogP contribution in [0.25, 0.3) is 10.9 Å². The van der Waals surface area contributed by atoms with Crippen LogP contribution in [0, 0.1) is 5.92 Å². The van der Waals surface area contributed by atoms with E-state index in [1.54, 1.807) is 12.4 Å². The number of imidazole rings is 1. The summed E-state index contributed by atoms with van der Waals surface area (Å²) in [5.74, 6) is -2.67. The van der Waals surface area contributed by atoms with Crippen molar-refractivity contribution in [2.75, 3.05) is 6.54 Å². The third-order valence-electron chi connectivity index (χ3n) is 7.71. The number of aromatic amines is 2. The first-order valence-electron chi connectivity index (χ1n) is 13.6. The molecule has 0 spiro atoms. The molecule has 1 saturated heterocycles. The van der Waals surface area contributed by atoms with Gasteiger partial charge in [-0.25, -0.2) is 9.78 Å². The van der Waals surface area contributed by atoms with Crippen molar-refractivity contribution < 1.29 is 24.3 Å². The van der Waals surface area contributed by atoms with Gasteiger partial charge in [-0.2, -0.15) is 0 Å². The number of nitrogens with one attached hydrogen (secondary N) is 4. The molecule has 1 aliphatic rings. The number of carboxylic acid groups (broad SMARTS) is 1. The number of fused-ring (bicyclic) bond motifs is 1. The molecule has 1 aliphatic heterocycles. The Balaban J connectivity index is 1.48. The Kier molecular flexibility index (Phi) is 9.20. The fourth-order valence-electron chi connectivity index (χ4n) is 5.09. The monoisotopic (exact) mass is 551 g/mol. The molecule has 3 heterocycles. The topological polar surface area (TPSA) is 186 Å². The number of H-pyrrole nitrogens is 2. The average Bonchev–Trinajstić information content (AvgIpc) is 3.72. The number of likely N-dealkylation sites (tertiary alicyclic amines) is 1. The van der Waals surface area contributed by atoms with E-state index in [2.05, 4.69) is 25.6 Å². The lowest BCUT2D eigenvalue weighted by Crippen LogP contribution is -2.58. The zero-order valence-corrected chi connectivity index (χ0v) is 22.7. The van der Waals surface area contributed by atoms with Crippen molar-refractivity contribution in [1.82, 2.24) is 30.5 Å². The van der Waals surface area contributed by atoms with Crippen molar-refractivity contribution in [3.05, 3.63) is 54.2 Å². The lowest BCUT2D eigenvalue weighted by molar-refractivity contribution is -0.145. The smallest absolute Gasteiger partial charge is 0.326 e. The normalized spacial score (nSPS) is 18.2. The molecule has 7 N–H and O–H groups in total. The standard InChI is InChI=1S/C28H37N7O5/c1-3-16(2)24(29)26(37)33-21(12-18-14-30-15-32-18)27(38)35-10-6-9-23(35)25(36)34-22(28(39)40)11-17-13-31-20-8-5-4-7-19(17)20/h4-5,7-8,13-16,21-24,31H,3,6,9-12,29H2,1-2H3,(H,30,32)(H,33,37)(H,34,36)(H,39,40). The fourth-order valence-corrected chi connectivity index (χ4v) is 5.09. The molecule has 1 aromatic carbocycles. The van der Waals surface area contributed by atoms with Crippen molar-refractivity contribution in [2.45, 2.75) is 70.1 Å². The summed E-state index contributed by atoms with van der Waals surface area (Å²) in [5.41, 5.74) is 8.40. The van der Waals surface area contributed by atoms with E-state index in [1.807, 2.05) is 38.1 Å². The number of carboxylic acids is 1. The maximum absolute atomic E-state index is 13.7. The van der Waals surface area contributed by atoms with Gasteiger partial charge in [-0.15, -0.1) is 0 Å². The Morgan fingerprint density at radius 1 is 1.15 bits per heavy atom. The van der Waals surface area contributed by atoms with Crippen LogP contribution in [0.15, 0.2) is 43.0 Å². The lowest BCUT2D eigenvalue weighted by Gasteiger charge is -2.30. The minimum atomic E-state index is -1.18. The van der Waals surface area contributed by atoms with Crippen LogP contribution in [0.3, 0.4) is 0 Å². The van der Waals surface area contributed by atoms with Crippen molar-refractivity contribution in [3.63, 3.8) is 0 Å². The van der Waals surface area contributed by atoms with Crippen LogP contribution < -0.4 is 16.4 Å². The molecule has 2 aromatic heterocycles. The highest BCUT2D eigenvalue weighted by molar-refractivity contribution is 5.95. The third kappa shape index (κ3) is 6.50. The number of benzene rings is 1. The Bertz CT molecular complexity index is 1340. The first-order chi connectivity index (χ1) is 19.2.